The van der Waals surface area contributed by atoms with Gasteiger partial charge in [-0.2, -0.15) is 5.10 Å². The number of alkyl carbamates (subject to hydrolysis) is 1. The van der Waals surface area contributed by atoms with Gasteiger partial charge in [0, 0.05) is 17.8 Å². The monoisotopic (exact) mass is 397 g/mol. The molecular weight excluding hydrogens is 369 g/mol. The summed E-state index contributed by atoms with van der Waals surface area (Å²) in [6, 6.07) is 9.55. The van der Waals surface area contributed by atoms with Gasteiger partial charge >= 0.3 is 13.2 Å². The van der Waals surface area contributed by atoms with Crippen LogP contribution < -0.4 is 5.32 Å². The summed E-state index contributed by atoms with van der Waals surface area (Å²) in [6.07, 6.45) is 3.16. The average molecular weight is 397 g/mol. The maximum absolute atomic E-state index is 12.2. The average Bonchev–Trinajstić information content (AvgIpc) is 3.16. The van der Waals surface area contributed by atoms with Crippen LogP contribution in [0, 0.1) is 6.92 Å². The standard InChI is InChI=1S/C21H28BN3O4/c1-15-17(12-24-25-15)11-18(22-28-20(2,3)21(4,5)29-22)13-23-19(26)27-14-16-9-7-6-8-10-16/h6-12H,13-14H2,1-5H3,(H,23,26)(H,24,25). The zero-order valence-corrected chi connectivity index (χ0v) is 17.6. The number of hydrogen-bond acceptors (Lipinski definition) is 5. The van der Waals surface area contributed by atoms with Crippen LogP contribution in [0.1, 0.15) is 44.5 Å². The lowest BCUT2D eigenvalue weighted by Gasteiger charge is -2.32. The molecule has 1 aliphatic rings. The van der Waals surface area contributed by atoms with E-state index >= 15 is 0 Å². The van der Waals surface area contributed by atoms with E-state index in [1.165, 1.54) is 0 Å². The Morgan fingerprint density at radius 2 is 1.86 bits per heavy atom. The highest BCUT2D eigenvalue weighted by Crippen LogP contribution is 2.38. The molecule has 0 spiro atoms. The molecule has 1 fully saturated rings. The Labute approximate surface area is 172 Å². The van der Waals surface area contributed by atoms with Gasteiger partial charge in [-0.05, 0) is 45.7 Å². The molecule has 0 saturated carbocycles. The van der Waals surface area contributed by atoms with Gasteiger partial charge in [-0.3, -0.25) is 5.10 Å². The molecule has 2 heterocycles. The van der Waals surface area contributed by atoms with Crippen molar-refractivity contribution in [3.05, 3.63) is 58.8 Å². The van der Waals surface area contributed by atoms with Crippen LogP contribution in [-0.4, -0.2) is 41.2 Å². The molecular formula is C21H28BN3O4. The number of rotatable bonds is 6. The summed E-state index contributed by atoms with van der Waals surface area (Å²) >= 11 is 0. The second kappa shape index (κ2) is 8.43. The van der Waals surface area contributed by atoms with Crippen LogP contribution in [0.15, 0.2) is 42.0 Å². The number of benzene rings is 1. The van der Waals surface area contributed by atoms with Gasteiger partial charge in [-0.25, -0.2) is 4.79 Å². The van der Waals surface area contributed by atoms with Gasteiger partial charge in [0.1, 0.15) is 6.61 Å². The molecule has 0 atom stereocenters. The van der Waals surface area contributed by atoms with Crippen LogP contribution in [0.3, 0.4) is 0 Å². The largest absolute Gasteiger partial charge is 0.492 e. The molecule has 1 saturated heterocycles. The van der Waals surface area contributed by atoms with Gasteiger partial charge in [-0.15, -0.1) is 0 Å². The van der Waals surface area contributed by atoms with Crippen molar-refractivity contribution in [1.82, 2.24) is 15.5 Å². The first-order chi connectivity index (χ1) is 13.7. The molecule has 0 unspecified atom stereocenters. The number of carbonyl (C=O) groups excluding carboxylic acids is 1. The van der Waals surface area contributed by atoms with Crippen molar-refractivity contribution in [1.29, 1.82) is 0 Å². The summed E-state index contributed by atoms with van der Waals surface area (Å²) in [6.45, 7) is 10.4. The Morgan fingerprint density at radius 1 is 1.21 bits per heavy atom. The Hall–Kier alpha value is -2.58. The molecule has 2 N–H and O–H groups in total. The van der Waals surface area contributed by atoms with Gasteiger partial charge in [0.25, 0.3) is 0 Å². The van der Waals surface area contributed by atoms with Crippen molar-refractivity contribution in [3.8, 4) is 0 Å². The van der Waals surface area contributed by atoms with E-state index in [1.54, 1.807) is 6.20 Å². The fourth-order valence-electron chi connectivity index (χ4n) is 2.85. The van der Waals surface area contributed by atoms with Crippen molar-refractivity contribution < 1.29 is 18.8 Å². The molecule has 2 aromatic rings. The first-order valence-corrected chi connectivity index (χ1v) is 9.68. The number of nitrogens with zero attached hydrogens (tertiary/aromatic N) is 1. The molecule has 7 nitrogen and oxygen atoms in total. The highest BCUT2D eigenvalue weighted by atomic mass is 16.7. The Balaban J connectivity index is 1.68. The maximum atomic E-state index is 12.2. The van der Waals surface area contributed by atoms with Crippen molar-refractivity contribution in [2.45, 2.75) is 52.4 Å². The maximum Gasteiger partial charge on any atom is 0.492 e. The normalized spacial score (nSPS) is 18.0. The molecule has 3 rings (SSSR count). The van der Waals surface area contributed by atoms with E-state index in [9.17, 15) is 4.79 Å². The molecule has 1 aliphatic heterocycles. The van der Waals surface area contributed by atoms with Crippen LogP contribution in [0.25, 0.3) is 6.08 Å². The van der Waals surface area contributed by atoms with Gasteiger partial charge in [-0.1, -0.05) is 36.4 Å². The highest BCUT2D eigenvalue weighted by Gasteiger charge is 2.52. The Kier molecular flexibility index (Phi) is 6.14. The fourth-order valence-corrected chi connectivity index (χ4v) is 2.85. The van der Waals surface area contributed by atoms with E-state index in [0.29, 0.717) is 0 Å². The minimum atomic E-state index is -0.580. The molecule has 1 aromatic carbocycles. The number of aromatic nitrogens is 2. The van der Waals surface area contributed by atoms with E-state index in [4.69, 9.17) is 14.0 Å². The predicted octanol–water partition coefficient (Wildman–Crippen LogP) is 3.66. The predicted molar refractivity (Wildman–Crippen MR) is 112 cm³/mol. The molecule has 29 heavy (non-hydrogen) atoms. The fraction of sp³-hybridized carbons (Fsp3) is 0.429. The lowest BCUT2D eigenvalue weighted by Crippen LogP contribution is -2.41. The van der Waals surface area contributed by atoms with E-state index in [-0.39, 0.29) is 13.2 Å². The van der Waals surface area contributed by atoms with Crippen LogP contribution in [0.5, 0.6) is 0 Å². The molecule has 0 aliphatic carbocycles. The zero-order chi connectivity index (χ0) is 21.1. The van der Waals surface area contributed by atoms with Crippen LogP contribution in [-0.2, 0) is 20.7 Å². The second-order valence-corrected chi connectivity index (χ2v) is 8.17. The third-order valence-electron chi connectivity index (χ3n) is 5.42. The Morgan fingerprint density at radius 3 is 2.45 bits per heavy atom. The van der Waals surface area contributed by atoms with Gasteiger partial charge in [0.05, 0.1) is 17.4 Å². The first kappa shape index (κ1) is 21.1. The van der Waals surface area contributed by atoms with Crippen molar-refractivity contribution in [3.63, 3.8) is 0 Å². The zero-order valence-electron chi connectivity index (χ0n) is 17.6. The smallest absolute Gasteiger partial charge is 0.445 e. The van der Waals surface area contributed by atoms with Crippen LogP contribution in [0.4, 0.5) is 4.79 Å². The van der Waals surface area contributed by atoms with Gasteiger partial charge < -0.3 is 19.4 Å². The third kappa shape index (κ3) is 5.08. The lowest BCUT2D eigenvalue weighted by molar-refractivity contribution is 0.00578. The molecule has 8 heteroatoms. The summed E-state index contributed by atoms with van der Waals surface area (Å²) < 4.78 is 17.6. The van der Waals surface area contributed by atoms with Crippen molar-refractivity contribution >= 4 is 19.3 Å². The van der Waals surface area contributed by atoms with E-state index < -0.39 is 24.4 Å². The SMILES string of the molecule is Cc1[nH]ncc1C=C(CNC(=O)OCc1ccccc1)B1OC(C)(C)C(C)(C)O1. The minimum absolute atomic E-state index is 0.211. The summed E-state index contributed by atoms with van der Waals surface area (Å²) in [4.78, 5) is 12.2. The number of ether oxygens (including phenoxy) is 1. The van der Waals surface area contributed by atoms with E-state index in [2.05, 4.69) is 15.5 Å². The second-order valence-electron chi connectivity index (χ2n) is 8.17. The Bertz CT molecular complexity index is 861. The summed E-state index contributed by atoms with van der Waals surface area (Å²) in [5.41, 5.74) is 2.59. The van der Waals surface area contributed by atoms with E-state index in [0.717, 1.165) is 22.3 Å². The number of aryl methyl sites for hydroxylation is 1. The van der Waals surface area contributed by atoms with Gasteiger partial charge in [0.2, 0.25) is 0 Å². The number of aromatic amines is 1. The molecule has 1 aromatic heterocycles. The lowest BCUT2D eigenvalue weighted by atomic mass is 9.77. The van der Waals surface area contributed by atoms with Crippen LogP contribution in [0.2, 0.25) is 0 Å². The number of H-pyrrole nitrogens is 1. The van der Waals surface area contributed by atoms with Crippen LogP contribution >= 0.6 is 0 Å². The molecule has 0 radical (unpaired) electrons. The number of nitrogens with one attached hydrogen (secondary N) is 2. The van der Waals surface area contributed by atoms with E-state index in [1.807, 2.05) is 71.0 Å². The quantitative estimate of drug-likeness (QED) is 0.727. The molecule has 0 bridgehead atoms. The summed E-state index contributed by atoms with van der Waals surface area (Å²) in [7, 11) is -0.580. The van der Waals surface area contributed by atoms with Gasteiger partial charge in [0.15, 0.2) is 0 Å². The third-order valence-corrected chi connectivity index (χ3v) is 5.42. The summed E-state index contributed by atoms with van der Waals surface area (Å²) in [5.74, 6) is 0. The first-order valence-electron chi connectivity index (χ1n) is 9.68. The summed E-state index contributed by atoms with van der Waals surface area (Å²) in [5, 5.41) is 9.76. The number of amides is 1. The van der Waals surface area contributed by atoms with Crippen molar-refractivity contribution in [2.75, 3.05) is 6.54 Å². The number of carbonyl (C=O) groups is 1. The molecule has 154 valence electrons. The topological polar surface area (TPSA) is 85.5 Å². The molecule has 1 amide bonds. The minimum Gasteiger partial charge on any atom is -0.445 e. The van der Waals surface area contributed by atoms with Crippen molar-refractivity contribution in [2.24, 2.45) is 0 Å². The number of hydrogen-bond donors (Lipinski definition) is 2. The highest BCUT2D eigenvalue weighted by molar-refractivity contribution is 6.56.